The molecule has 0 spiro atoms. The number of nitrogen functional groups attached to an aromatic ring is 1. The van der Waals surface area contributed by atoms with Crippen molar-refractivity contribution in [2.75, 3.05) is 11.5 Å². The Hall–Kier alpha value is -2.43. The number of carbonyl (C=O) groups is 3. The molecular weight excluding hydrogens is 546 g/mol. The second kappa shape index (κ2) is 9.21. The minimum absolute atomic E-state index is 0.0592. The summed E-state index contributed by atoms with van der Waals surface area (Å²) in [5, 5.41) is 21.1. The molecule has 0 bridgehead atoms. The van der Waals surface area contributed by atoms with Gasteiger partial charge in [-0.15, -0.1) is 28.4 Å². The first-order valence-electron chi connectivity index (χ1n) is 8.88. The lowest BCUT2D eigenvalue weighted by atomic mass is 10.0. The SMILES string of the molecule is Nc1nc(C(N=O)C(=O)N[C@@H]2C(=O)N3C(C(=O)O)=C(SCc4cn[nH]c4)CS[C@@H]23)c(Br)s1. The van der Waals surface area contributed by atoms with Crippen LogP contribution in [0.3, 0.4) is 0 Å². The average Bonchev–Trinajstić information content (AvgIpc) is 3.39. The number of nitrogens with one attached hydrogen (secondary N) is 2. The molecule has 3 atom stereocenters. The van der Waals surface area contributed by atoms with Crippen molar-refractivity contribution in [2.24, 2.45) is 5.18 Å². The van der Waals surface area contributed by atoms with E-state index in [1.54, 1.807) is 12.4 Å². The number of thioether (sulfide) groups is 2. The number of aliphatic carboxylic acids is 1. The normalized spacial score (nSPS) is 21.0. The van der Waals surface area contributed by atoms with Crippen LogP contribution in [-0.2, 0) is 20.1 Å². The number of aromatic nitrogens is 3. The van der Waals surface area contributed by atoms with Crippen molar-refractivity contribution >= 4 is 73.7 Å². The number of nitrogens with two attached hydrogens (primary N) is 1. The summed E-state index contributed by atoms with van der Waals surface area (Å²) < 4.78 is 0.388. The molecule has 32 heavy (non-hydrogen) atoms. The maximum atomic E-state index is 12.8. The van der Waals surface area contributed by atoms with Crippen LogP contribution in [0.4, 0.5) is 5.13 Å². The maximum Gasteiger partial charge on any atom is 0.353 e. The molecular formula is C16H14BrN7O5S3. The number of anilines is 1. The fraction of sp³-hybridized carbons (Fsp3) is 0.312. The Bertz CT molecular complexity index is 1120. The van der Waals surface area contributed by atoms with Crippen molar-refractivity contribution in [2.45, 2.75) is 23.2 Å². The predicted octanol–water partition coefficient (Wildman–Crippen LogP) is 1.65. The van der Waals surface area contributed by atoms with E-state index in [0.29, 0.717) is 20.2 Å². The number of hydrogen-bond donors (Lipinski definition) is 4. The first-order chi connectivity index (χ1) is 15.3. The van der Waals surface area contributed by atoms with Crippen molar-refractivity contribution in [3.63, 3.8) is 0 Å². The van der Waals surface area contributed by atoms with Gasteiger partial charge >= 0.3 is 5.97 Å². The van der Waals surface area contributed by atoms with Crippen LogP contribution < -0.4 is 11.1 Å². The van der Waals surface area contributed by atoms with Crippen molar-refractivity contribution in [1.82, 2.24) is 25.4 Å². The van der Waals surface area contributed by atoms with Gasteiger partial charge in [0.2, 0.25) is 6.04 Å². The minimum Gasteiger partial charge on any atom is -0.477 e. The van der Waals surface area contributed by atoms with E-state index in [0.717, 1.165) is 16.9 Å². The third kappa shape index (κ3) is 4.14. The molecule has 168 valence electrons. The Labute approximate surface area is 200 Å². The summed E-state index contributed by atoms with van der Waals surface area (Å²) in [6, 6.07) is -2.48. The van der Waals surface area contributed by atoms with Crippen LogP contribution in [0.1, 0.15) is 17.3 Å². The number of amides is 2. The van der Waals surface area contributed by atoms with Gasteiger partial charge in [-0.05, 0) is 21.1 Å². The van der Waals surface area contributed by atoms with Crippen LogP contribution in [0, 0.1) is 4.91 Å². The fourth-order valence-electron chi connectivity index (χ4n) is 3.18. The van der Waals surface area contributed by atoms with E-state index in [-0.39, 0.29) is 16.5 Å². The number of H-pyrrole nitrogens is 1. The molecule has 2 aromatic heterocycles. The van der Waals surface area contributed by atoms with E-state index in [1.165, 1.54) is 28.4 Å². The van der Waals surface area contributed by atoms with Crippen LogP contribution in [-0.4, -0.2) is 60.1 Å². The predicted molar refractivity (Wildman–Crippen MR) is 122 cm³/mol. The largest absolute Gasteiger partial charge is 0.477 e. The summed E-state index contributed by atoms with van der Waals surface area (Å²) in [6.07, 6.45) is 3.35. The summed E-state index contributed by atoms with van der Waals surface area (Å²) in [6.45, 7) is 0. The van der Waals surface area contributed by atoms with Crippen LogP contribution in [0.25, 0.3) is 0 Å². The number of nitrogens with zero attached hydrogens (tertiary/aromatic N) is 4. The lowest BCUT2D eigenvalue weighted by molar-refractivity contribution is -0.150. The summed E-state index contributed by atoms with van der Waals surface area (Å²) in [4.78, 5) is 54.3. The number of carboxylic acids is 1. The molecule has 16 heteroatoms. The van der Waals surface area contributed by atoms with Crippen molar-refractivity contribution in [3.05, 3.63) is 42.9 Å². The van der Waals surface area contributed by atoms with Crippen LogP contribution in [0.5, 0.6) is 0 Å². The van der Waals surface area contributed by atoms with E-state index in [2.05, 4.69) is 41.6 Å². The smallest absolute Gasteiger partial charge is 0.353 e. The summed E-state index contributed by atoms with van der Waals surface area (Å²) in [5.41, 5.74) is 6.45. The molecule has 2 aliphatic heterocycles. The lowest BCUT2D eigenvalue weighted by Crippen LogP contribution is -2.70. The van der Waals surface area contributed by atoms with Gasteiger partial charge in [0, 0.05) is 28.2 Å². The molecule has 5 N–H and O–H groups in total. The third-order valence-corrected chi connectivity index (χ3v) is 8.85. The highest BCUT2D eigenvalue weighted by Crippen LogP contribution is 2.44. The number of carbonyl (C=O) groups excluding carboxylic acids is 2. The van der Waals surface area contributed by atoms with Gasteiger partial charge in [0.05, 0.1) is 9.98 Å². The highest BCUT2D eigenvalue weighted by molar-refractivity contribution is 9.11. The maximum absolute atomic E-state index is 12.8. The molecule has 1 unspecified atom stereocenters. The Morgan fingerprint density at radius 2 is 2.31 bits per heavy atom. The zero-order chi connectivity index (χ0) is 23.0. The van der Waals surface area contributed by atoms with Gasteiger partial charge in [-0.2, -0.15) is 5.10 Å². The molecule has 4 heterocycles. The standard InChI is InChI=1S/C16H14BrN7O5S3/c17-11-7(22-16(18)32-11)8(23-29)12(25)21-9-13(26)24-10(15(27)28)6(4-31-14(9)24)30-3-5-1-19-20-2-5/h1-2,8-9,14H,3-4H2,(H2,18,22)(H,19,20)(H,21,25)(H,27,28)/t8?,9-,14+/m1/s1. The topological polar surface area (TPSA) is 184 Å². The fourth-order valence-corrected chi connectivity index (χ4v) is 7.13. The third-order valence-electron chi connectivity index (χ3n) is 4.64. The number of carboxylic acid groups (broad SMARTS) is 1. The summed E-state index contributed by atoms with van der Waals surface area (Å²) in [7, 11) is 0. The van der Waals surface area contributed by atoms with Crippen molar-refractivity contribution < 1.29 is 19.5 Å². The molecule has 1 fully saturated rings. The van der Waals surface area contributed by atoms with Gasteiger partial charge in [0.1, 0.15) is 22.8 Å². The van der Waals surface area contributed by atoms with Gasteiger partial charge in [-0.1, -0.05) is 11.3 Å². The number of halogens is 1. The zero-order valence-electron chi connectivity index (χ0n) is 15.9. The molecule has 2 aromatic rings. The van der Waals surface area contributed by atoms with E-state index in [4.69, 9.17) is 5.73 Å². The molecule has 0 saturated carbocycles. The Morgan fingerprint density at radius 3 is 2.91 bits per heavy atom. The zero-order valence-corrected chi connectivity index (χ0v) is 19.9. The monoisotopic (exact) mass is 559 g/mol. The van der Waals surface area contributed by atoms with E-state index >= 15 is 0 Å². The van der Waals surface area contributed by atoms with Gasteiger partial charge in [-0.3, -0.25) is 19.6 Å². The van der Waals surface area contributed by atoms with Crippen molar-refractivity contribution in [1.29, 1.82) is 0 Å². The Balaban J connectivity index is 1.48. The first kappa shape index (κ1) is 22.8. The van der Waals surface area contributed by atoms with E-state index < -0.39 is 35.2 Å². The molecule has 0 radical (unpaired) electrons. The van der Waals surface area contributed by atoms with Crippen LogP contribution in [0.15, 0.2) is 32.0 Å². The number of nitroso groups, excluding NO2 is 1. The highest BCUT2D eigenvalue weighted by atomic mass is 79.9. The quantitative estimate of drug-likeness (QED) is 0.273. The van der Waals surface area contributed by atoms with Gasteiger partial charge in [0.25, 0.3) is 11.8 Å². The Kier molecular flexibility index (Phi) is 6.55. The van der Waals surface area contributed by atoms with E-state index in [9.17, 15) is 24.4 Å². The van der Waals surface area contributed by atoms with Crippen LogP contribution >= 0.6 is 50.8 Å². The van der Waals surface area contributed by atoms with Crippen LogP contribution in [0.2, 0.25) is 0 Å². The molecule has 0 aromatic carbocycles. The first-order valence-corrected chi connectivity index (χ1v) is 12.5. The Morgan fingerprint density at radius 1 is 1.53 bits per heavy atom. The minimum atomic E-state index is -1.50. The summed E-state index contributed by atoms with van der Waals surface area (Å²) in [5.74, 6) is -1.76. The number of thiazole rings is 1. The number of rotatable bonds is 8. The molecule has 2 amide bonds. The number of β-lactam (4-membered cyclic amide) rings is 1. The average molecular weight is 560 g/mol. The second-order valence-electron chi connectivity index (χ2n) is 6.59. The highest BCUT2D eigenvalue weighted by Gasteiger charge is 2.54. The molecule has 2 aliphatic rings. The van der Waals surface area contributed by atoms with Gasteiger partial charge in [0.15, 0.2) is 5.13 Å². The number of hydrogen-bond acceptors (Lipinski definition) is 11. The molecule has 12 nitrogen and oxygen atoms in total. The van der Waals surface area contributed by atoms with Gasteiger partial charge in [-0.25, -0.2) is 9.78 Å². The molecule has 0 aliphatic carbocycles. The van der Waals surface area contributed by atoms with E-state index in [1.807, 2.05) is 0 Å². The summed E-state index contributed by atoms with van der Waals surface area (Å²) >= 11 is 6.87. The van der Waals surface area contributed by atoms with Crippen molar-refractivity contribution in [3.8, 4) is 0 Å². The number of fused-ring (bicyclic) bond motifs is 1. The second-order valence-corrected chi connectivity index (χ2v) is 11.1. The lowest BCUT2D eigenvalue weighted by Gasteiger charge is -2.49. The number of aromatic amines is 1. The molecule has 4 rings (SSSR count). The molecule has 1 saturated heterocycles. The van der Waals surface area contributed by atoms with Gasteiger partial charge < -0.3 is 16.2 Å².